The molecular weight excluding hydrogens is 470 g/mol. The Morgan fingerprint density at radius 2 is 1.74 bits per heavy atom. The number of carbonyl (C=O) groups excluding carboxylic acids is 3. The fourth-order valence-electron chi connectivity index (χ4n) is 3.90. The van der Waals surface area contributed by atoms with Gasteiger partial charge >= 0.3 is 0 Å². The molecule has 1 aliphatic rings. The first-order valence-corrected chi connectivity index (χ1v) is 11.9. The first-order chi connectivity index (χ1) is 16.1. The summed E-state index contributed by atoms with van der Waals surface area (Å²) in [5.74, 6) is -0.888. The Morgan fingerprint density at radius 3 is 2.44 bits per heavy atom. The van der Waals surface area contributed by atoms with E-state index >= 15 is 0 Å². The summed E-state index contributed by atoms with van der Waals surface area (Å²) < 4.78 is 2.06. The molecule has 2 heterocycles. The van der Waals surface area contributed by atoms with Crippen molar-refractivity contribution in [2.75, 3.05) is 11.9 Å². The minimum Gasteiger partial charge on any atom is -0.324 e. The number of anilines is 1. The van der Waals surface area contributed by atoms with Crippen LogP contribution in [0, 0.1) is 27.7 Å². The lowest BCUT2D eigenvalue weighted by molar-refractivity contribution is -0.127. The molecule has 34 heavy (non-hydrogen) atoms. The first-order valence-electron chi connectivity index (χ1n) is 10.7. The van der Waals surface area contributed by atoms with Crippen LogP contribution in [0.3, 0.4) is 0 Å². The summed E-state index contributed by atoms with van der Waals surface area (Å²) in [6.45, 7) is 7.41. The van der Waals surface area contributed by atoms with E-state index in [0.29, 0.717) is 15.6 Å². The smallest absolute Gasteiger partial charge is 0.294 e. The summed E-state index contributed by atoms with van der Waals surface area (Å²) in [7, 11) is 0. The van der Waals surface area contributed by atoms with Crippen molar-refractivity contribution in [1.29, 1.82) is 0 Å². The first kappa shape index (κ1) is 23.9. The number of nitrogens with one attached hydrogen (secondary N) is 1. The number of rotatable bonds is 5. The standard InChI is InChI=1S/C26H24ClN3O3S/c1-15-5-6-16(2)22(11-15)28-24(31)14-29-25(32)23(34-26(29)33)13-19-12-17(3)30(18(19)4)21-9-7-20(27)8-10-21/h5-13H,14H2,1-4H3,(H,28,31)/b23-13+. The topological polar surface area (TPSA) is 71.4 Å². The largest absolute Gasteiger partial charge is 0.324 e. The van der Waals surface area contributed by atoms with E-state index in [9.17, 15) is 14.4 Å². The molecule has 3 amide bonds. The fourth-order valence-corrected chi connectivity index (χ4v) is 4.86. The molecule has 1 aromatic heterocycles. The minimum absolute atomic E-state index is 0.292. The maximum absolute atomic E-state index is 13.0. The van der Waals surface area contributed by atoms with Crippen LogP contribution in [0.2, 0.25) is 5.02 Å². The van der Waals surface area contributed by atoms with Crippen molar-refractivity contribution >= 4 is 52.2 Å². The average molecular weight is 494 g/mol. The Bertz CT molecular complexity index is 1340. The van der Waals surface area contributed by atoms with Crippen LogP contribution >= 0.6 is 23.4 Å². The highest BCUT2D eigenvalue weighted by Crippen LogP contribution is 2.34. The Morgan fingerprint density at radius 1 is 1.03 bits per heavy atom. The Labute approximate surface area is 207 Å². The molecule has 0 atom stereocenters. The highest BCUT2D eigenvalue weighted by molar-refractivity contribution is 8.18. The fraction of sp³-hybridized carbons (Fsp3) is 0.192. The van der Waals surface area contributed by atoms with Crippen molar-refractivity contribution in [3.63, 3.8) is 0 Å². The molecular formula is C26H24ClN3O3S. The second-order valence-corrected chi connectivity index (χ2v) is 9.70. The molecule has 1 N–H and O–H groups in total. The molecule has 0 unspecified atom stereocenters. The van der Waals surface area contributed by atoms with E-state index in [1.807, 2.05) is 76.2 Å². The lowest BCUT2D eigenvalue weighted by atomic mass is 10.1. The zero-order valence-corrected chi connectivity index (χ0v) is 20.9. The zero-order chi connectivity index (χ0) is 24.6. The number of thioether (sulfide) groups is 1. The molecule has 0 saturated carbocycles. The van der Waals surface area contributed by atoms with E-state index in [4.69, 9.17) is 11.6 Å². The van der Waals surface area contributed by atoms with E-state index in [1.165, 1.54) is 0 Å². The maximum Gasteiger partial charge on any atom is 0.294 e. The predicted octanol–water partition coefficient (Wildman–Crippen LogP) is 6.04. The van der Waals surface area contributed by atoms with Crippen LogP contribution in [0.25, 0.3) is 11.8 Å². The van der Waals surface area contributed by atoms with Crippen molar-refractivity contribution in [2.24, 2.45) is 0 Å². The molecule has 0 bridgehead atoms. The van der Waals surface area contributed by atoms with E-state index < -0.39 is 17.1 Å². The Balaban J connectivity index is 1.53. The van der Waals surface area contributed by atoms with E-state index in [0.717, 1.165) is 50.4 Å². The van der Waals surface area contributed by atoms with Crippen LogP contribution in [-0.2, 0) is 9.59 Å². The second kappa shape index (κ2) is 9.52. The van der Waals surface area contributed by atoms with Crippen molar-refractivity contribution in [2.45, 2.75) is 27.7 Å². The number of imide groups is 1. The van der Waals surface area contributed by atoms with E-state index in [1.54, 1.807) is 6.08 Å². The van der Waals surface area contributed by atoms with Gasteiger partial charge in [-0.3, -0.25) is 19.3 Å². The number of hydrogen-bond acceptors (Lipinski definition) is 4. The third-order valence-electron chi connectivity index (χ3n) is 5.68. The minimum atomic E-state index is -0.470. The molecule has 1 saturated heterocycles. The molecule has 4 rings (SSSR count). The van der Waals surface area contributed by atoms with Gasteiger partial charge in [0, 0.05) is 27.8 Å². The summed E-state index contributed by atoms with van der Waals surface area (Å²) in [4.78, 5) is 39.3. The normalized spacial score (nSPS) is 14.9. The van der Waals surface area contributed by atoms with Crippen LogP contribution in [0.15, 0.2) is 53.4 Å². The van der Waals surface area contributed by atoms with Gasteiger partial charge in [0.15, 0.2) is 0 Å². The maximum atomic E-state index is 13.0. The molecule has 6 nitrogen and oxygen atoms in total. The molecule has 0 aliphatic carbocycles. The van der Waals surface area contributed by atoms with Gasteiger partial charge in [-0.1, -0.05) is 23.7 Å². The van der Waals surface area contributed by atoms with Crippen LogP contribution in [-0.4, -0.2) is 33.1 Å². The number of nitrogens with zero attached hydrogens (tertiary/aromatic N) is 2. The van der Waals surface area contributed by atoms with Gasteiger partial charge in [-0.25, -0.2) is 0 Å². The number of amides is 3. The third-order valence-corrected chi connectivity index (χ3v) is 6.84. The number of carbonyl (C=O) groups is 3. The van der Waals surface area contributed by atoms with Crippen LogP contribution in [0.1, 0.15) is 28.1 Å². The monoisotopic (exact) mass is 493 g/mol. The van der Waals surface area contributed by atoms with Crippen molar-refractivity contribution < 1.29 is 14.4 Å². The lowest BCUT2D eigenvalue weighted by Gasteiger charge is -2.14. The van der Waals surface area contributed by atoms with Crippen LogP contribution in [0.4, 0.5) is 10.5 Å². The van der Waals surface area contributed by atoms with Crippen molar-refractivity contribution in [1.82, 2.24) is 9.47 Å². The number of halogens is 1. The molecule has 1 aliphatic heterocycles. The quantitative estimate of drug-likeness (QED) is 0.440. The van der Waals surface area contributed by atoms with Gasteiger partial charge in [0.25, 0.3) is 11.1 Å². The number of aromatic nitrogens is 1. The molecule has 0 spiro atoms. The summed E-state index contributed by atoms with van der Waals surface area (Å²) in [6, 6.07) is 15.2. The summed E-state index contributed by atoms with van der Waals surface area (Å²) in [6.07, 6.45) is 1.71. The number of benzene rings is 2. The lowest BCUT2D eigenvalue weighted by Crippen LogP contribution is -2.36. The zero-order valence-electron chi connectivity index (χ0n) is 19.3. The highest BCUT2D eigenvalue weighted by atomic mass is 35.5. The summed E-state index contributed by atoms with van der Waals surface area (Å²) in [5.41, 5.74) is 6.28. The average Bonchev–Trinajstić information content (AvgIpc) is 3.21. The van der Waals surface area contributed by atoms with E-state index in [2.05, 4.69) is 9.88 Å². The van der Waals surface area contributed by atoms with Gasteiger partial charge < -0.3 is 9.88 Å². The highest BCUT2D eigenvalue weighted by Gasteiger charge is 2.36. The van der Waals surface area contributed by atoms with Crippen molar-refractivity contribution in [3.05, 3.63) is 86.5 Å². The summed E-state index contributed by atoms with van der Waals surface area (Å²) in [5, 5.41) is 2.99. The van der Waals surface area contributed by atoms with Gasteiger partial charge in [0.2, 0.25) is 5.91 Å². The van der Waals surface area contributed by atoms with Crippen molar-refractivity contribution in [3.8, 4) is 5.69 Å². The molecule has 3 aromatic rings. The van der Waals surface area contributed by atoms with Gasteiger partial charge in [0.1, 0.15) is 6.54 Å². The molecule has 174 valence electrons. The predicted molar refractivity (Wildman–Crippen MR) is 137 cm³/mol. The van der Waals surface area contributed by atoms with Crippen LogP contribution in [0.5, 0.6) is 0 Å². The second-order valence-electron chi connectivity index (χ2n) is 8.27. The van der Waals surface area contributed by atoms with Crippen LogP contribution < -0.4 is 5.32 Å². The molecule has 0 radical (unpaired) electrons. The SMILES string of the molecule is Cc1ccc(C)c(NC(=O)CN2C(=O)S/C(=C/c3cc(C)n(-c4ccc(Cl)cc4)c3C)C2=O)c1. The molecule has 2 aromatic carbocycles. The number of aryl methyl sites for hydroxylation is 3. The molecule has 1 fully saturated rings. The Hall–Kier alpha value is -3.29. The Kier molecular flexibility index (Phi) is 6.68. The van der Waals surface area contributed by atoms with Gasteiger partial charge in [-0.05, 0) is 98.6 Å². The van der Waals surface area contributed by atoms with Gasteiger partial charge in [-0.2, -0.15) is 0 Å². The van der Waals surface area contributed by atoms with E-state index in [-0.39, 0.29) is 6.54 Å². The van der Waals surface area contributed by atoms with Gasteiger partial charge in [-0.15, -0.1) is 0 Å². The summed E-state index contributed by atoms with van der Waals surface area (Å²) >= 11 is 6.86. The van der Waals surface area contributed by atoms with Gasteiger partial charge in [0.05, 0.1) is 4.91 Å². The molecule has 8 heteroatoms. The third kappa shape index (κ3) is 4.81. The number of hydrogen-bond donors (Lipinski definition) is 1.